The van der Waals surface area contributed by atoms with Gasteiger partial charge in [0.25, 0.3) is 0 Å². The van der Waals surface area contributed by atoms with E-state index in [9.17, 15) is 0 Å². The molecule has 0 heteroatoms. The van der Waals surface area contributed by atoms with Gasteiger partial charge >= 0.3 is 0 Å². The zero-order valence-electron chi connectivity index (χ0n) is 7.52. The minimum absolute atomic E-state index is 0.668. The zero-order chi connectivity index (χ0) is 7.98. The van der Waals surface area contributed by atoms with Crippen LogP contribution in [0, 0.1) is 5.92 Å². The standard InChI is InChI=1S/C10H18/c1-5-10(4)8-6-7-9(2)3/h6-9H,5H2,1-4H3/b7-6-,10-8-. The van der Waals surface area contributed by atoms with Crippen LogP contribution in [0.5, 0.6) is 0 Å². The number of allylic oxidation sites excluding steroid dienone is 4. The van der Waals surface area contributed by atoms with Gasteiger partial charge < -0.3 is 0 Å². The molecule has 0 nitrogen and oxygen atoms in total. The van der Waals surface area contributed by atoms with Crippen LogP contribution < -0.4 is 0 Å². The van der Waals surface area contributed by atoms with Gasteiger partial charge in [-0.2, -0.15) is 0 Å². The Labute approximate surface area is 64.6 Å². The van der Waals surface area contributed by atoms with Crippen LogP contribution in [0.2, 0.25) is 0 Å². The van der Waals surface area contributed by atoms with Crippen LogP contribution in [0.4, 0.5) is 0 Å². The van der Waals surface area contributed by atoms with Crippen molar-refractivity contribution in [3.63, 3.8) is 0 Å². The molecule has 0 amide bonds. The third-order valence-corrected chi connectivity index (χ3v) is 1.43. The van der Waals surface area contributed by atoms with E-state index in [0.717, 1.165) is 6.42 Å². The van der Waals surface area contributed by atoms with E-state index in [1.807, 2.05) is 0 Å². The molecule has 0 saturated heterocycles. The van der Waals surface area contributed by atoms with Gasteiger partial charge in [0, 0.05) is 0 Å². The van der Waals surface area contributed by atoms with Gasteiger partial charge in [0.15, 0.2) is 0 Å². The smallest absolute Gasteiger partial charge is 0.0287 e. The predicted octanol–water partition coefficient (Wildman–Crippen LogP) is 3.55. The molecule has 0 rings (SSSR count). The third-order valence-electron chi connectivity index (χ3n) is 1.43. The molecule has 0 unspecified atom stereocenters. The Morgan fingerprint density at radius 1 is 1.40 bits per heavy atom. The van der Waals surface area contributed by atoms with Crippen molar-refractivity contribution >= 4 is 0 Å². The minimum atomic E-state index is 0.668. The molecule has 10 heavy (non-hydrogen) atoms. The van der Waals surface area contributed by atoms with E-state index in [4.69, 9.17) is 0 Å². The van der Waals surface area contributed by atoms with Gasteiger partial charge in [0.2, 0.25) is 0 Å². The molecule has 0 bridgehead atoms. The number of hydrogen-bond acceptors (Lipinski definition) is 0. The highest BCUT2D eigenvalue weighted by Gasteiger charge is 1.81. The first-order chi connectivity index (χ1) is 4.66. The van der Waals surface area contributed by atoms with Crippen LogP contribution in [0.3, 0.4) is 0 Å². The van der Waals surface area contributed by atoms with Crippen molar-refractivity contribution in [3.8, 4) is 0 Å². The Bertz CT molecular complexity index is 127. The molecular formula is C10H18. The van der Waals surface area contributed by atoms with Gasteiger partial charge in [-0.05, 0) is 19.3 Å². The fourth-order valence-electron chi connectivity index (χ4n) is 0.560. The Balaban J connectivity index is 3.70. The minimum Gasteiger partial charge on any atom is -0.0820 e. The lowest BCUT2D eigenvalue weighted by atomic mass is 10.2. The van der Waals surface area contributed by atoms with Crippen molar-refractivity contribution in [2.45, 2.75) is 34.1 Å². The summed E-state index contributed by atoms with van der Waals surface area (Å²) in [5.74, 6) is 0.668. The Morgan fingerprint density at radius 2 is 2.00 bits per heavy atom. The first-order valence-electron chi connectivity index (χ1n) is 4.00. The molecule has 0 aliphatic rings. The fraction of sp³-hybridized carbons (Fsp3) is 0.600. The predicted molar refractivity (Wildman–Crippen MR) is 48.0 cm³/mol. The van der Waals surface area contributed by atoms with Gasteiger partial charge in [0.1, 0.15) is 0 Å². The highest BCUT2D eigenvalue weighted by atomic mass is 13.9. The Kier molecular flexibility index (Phi) is 5.00. The van der Waals surface area contributed by atoms with E-state index in [0.29, 0.717) is 5.92 Å². The van der Waals surface area contributed by atoms with Gasteiger partial charge in [-0.3, -0.25) is 0 Å². The van der Waals surface area contributed by atoms with Crippen molar-refractivity contribution in [2.75, 3.05) is 0 Å². The molecule has 0 N–H and O–H groups in total. The van der Waals surface area contributed by atoms with E-state index < -0.39 is 0 Å². The van der Waals surface area contributed by atoms with Crippen LogP contribution >= 0.6 is 0 Å². The Hall–Kier alpha value is -0.520. The van der Waals surface area contributed by atoms with Crippen LogP contribution in [0.25, 0.3) is 0 Å². The van der Waals surface area contributed by atoms with E-state index in [1.165, 1.54) is 5.57 Å². The quantitative estimate of drug-likeness (QED) is 0.523. The normalized spacial score (nSPS) is 13.5. The molecule has 58 valence electrons. The van der Waals surface area contributed by atoms with Gasteiger partial charge in [0.05, 0.1) is 0 Å². The van der Waals surface area contributed by atoms with Crippen LogP contribution in [-0.4, -0.2) is 0 Å². The molecule has 0 spiro atoms. The lowest BCUT2D eigenvalue weighted by molar-refractivity contribution is 0.831. The SMILES string of the molecule is CC/C(C)=C\C=C/C(C)C. The lowest BCUT2D eigenvalue weighted by Crippen LogP contribution is -1.75. The average Bonchev–Trinajstić information content (AvgIpc) is 1.87. The summed E-state index contributed by atoms with van der Waals surface area (Å²) in [5, 5.41) is 0. The summed E-state index contributed by atoms with van der Waals surface area (Å²) in [4.78, 5) is 0. The van der Waals surface area contributed by atoms with E-state index >= 15 is 0 Å². The van der Waals surface area contributed by atoms with Crippen LogP contribution in [0.1, 0.15) is 34.1 Å². The molecule has 0 radical (unpaired) electrons. The molecule has 0 heterocycles. The highest BCUT2D eigenvalue weighted by molar-refractivity contribution is 5.10. The van der Waals surface area contributed by atoms with Crippen LogP contribution in [-0.2, 0) is 0 Å². The molecule has 0 aromatic rings. The van der Waals surface area contributed by atoms with E-state index in [2.05, 4.69) is 45.9 Å². The van der Waals surface area contributed by atoms with Gasteiger partial charge in [-0.1, -0.05) is 44.6 Å². The molecule has 0 aromatic heterocycles. The largest absolute Gasteiger partial charge is 0.0820 e. The number of hydrogen-bond donors (Lipinski definition) is 0. The van der Waals surface area contributed by atoms with Gasteiger partial charge in [-0.25, -0.2) is 0 Å². The monoisotopic (exact) mass is 138 g/mol. The van der Waals surface area contributed by atoms with Crippen molar-refractivity contribution in [1.82, 2.24) is 0 Å². The second-order valence-electron chi connectivity index (χ2n) is 3.00. The molecule has 0 atom stereocenters. The van der Waals surface area contributed by atoms with Crippen molar-refractivity contribution in [3.05, 3.63) is 23.8 Å². The topological polar surface area (TPSA) is 0 Å². The second-order valence-corrected chi connectivity index (χ2v) is 3.00. The summed E-state index contributed by atoms with van der Waals surface area (Å²) in [6, 6.07) is 0. The molecule has 0 aliphatic carbocycles. The van der Waals surface area contributed by atoms with E-state index in [-0.39, 0.29) is 0 Å². The molecule has 0 fully saturated rings. The summed E-state index contributed by atoms with van der Waals surface area (Å²) >= 11 is 0. The Morgan fingerprint density at radius 3 is 2.40 bits per heavy atom. The van der Waals surface area contributed by atoms with Crippen molar-refractivity contribution in [2.24, 2.45) is 5.92 Å². The van der Waals surface area contributed by atoms with Crippen LogP contribution in [0.15, 0.2) is 23.8 Å². The first-order valence-corrected chi connectivity index (χ1v) is 4.00. The average molecular weight is 138 g/mol. The van der Waals surface area contributed by atoms with Crippen molar-refractivity contribution in [1.29, 1.82) is 0 Å². The molecule has 0 aromatic carbocycles. The molecule has 0 aliphatic heterocycles. The summed E-state index contributed by atoms with van der Waals surface area (Å²) < 4.78 is 0. The second kappa shape index (κ2) is 5.28. The highest BCUT2D eigenvalue weighted by Crippen LogP contribution is 1.99. The maximum Gasteiger partial charge on any atom is -0.0287 e. The summed E-state index contributed by atoms with van der Waals surface area (Å²) in [6.45, 7) is 8.71. The molecular weight excluding hydrogens is 120 g/mol. The fourth-order valence-corrected chi connectivity index (χ4v) is 0.560. The summed E-state index contributed by atoms with van der Waals surface area (Å²) in [6.07, 6.45) is 7.69. The summed E-state index contributed by atoms with van der Waals surface area (Å²) in [5.41, 5.74) is 1.44. The first kappa shape index (κ1) is 9.48. The number of rotatable bonds is 3. The van der Waals surface area contributed by atoms with Gasteiger partial charge in [-0.15, -0.1) is 0 Å². The van der Waals surface area contributed by atoms with Crippen molar-refractivity contribution < 1.29 is 0 Å². The maximum absolute atomic E-state index is 2.21. The van der Waals surface area contributed by atoms with E-state index in [1.54, 1.807) is 0 Å². The molecule has 0 saturated carbocycles. The summed E-state index contributed by atoms with van der Waals surface area (Å²) in [7, 11) is 0. The lowest BCUT2D eigenvalue weighted by Gasteiger charge is -1.92. The third kappa shape index (κ3) is 5.61. The maximum atomic E-state index is 2.21. The zero-order valence-corrected chi connectivity index (χ0v) is 7.52.